The Bertz CT molecular complexity index is 4540. The van der Waals surface area contributed by atoms with Gasteiger partial charge < -0.3 is 58.2 Å². The van der Waals surface area contributed by atoms with Crippen LogP contribution in [0.25, 0.3) is 0 Å². The van der Waals surface area contributed by atoms with Crippen molar-refractivity contribution < 1.29 is 91.9 Å². The number of rotatable bonds is 19. The van der Waals surface area contributed by atoms with E-state index in [0.29, 0.717) is 49.7 Å². The summed E-state index contributed by atoms with van der Waals surface area (Å²) in [5, 5.41) is 39.9. The van der Waals surface area contributed by atoms with Crippen LogP contribution < -0.4 is 28.7 Å². The van der Waals surface area contributed by atoms with E-state index in [2.05, 4.69) is 15.0 Å². The van der Waals surface area contributed by atoms with Gasteiger partial charge in [-0.05, 0) is 91.6 Å². The van der Waals surface area contributed by atoms with E-state index >= 15 is 0 Å². The summed E-state index contributed by atoms with van der Waals surface area (Å²) in [5.41, 5.74) is 18.6. The van der Waals surface area contributed by atoms with E-state index in [1.165, 1.54) is 42.5 Å². The number of carbonyl (C=O) groups is 1. The van der Waals surface area contributed by atoms with Crippen LogP contribution in [-0.2, 0) is 47.4 Å². The van der Waals surface area contributed by atoms with Crippen LogP contribution in [0, 0.1) is 45.6 Å². The zero-order valence-electron chi connectivity index (χ0n) is 58.8. The fraction of sp³-hybridized carbons (Fsp3) is 0.403. The van der Waals surface area contributed by atoms with Crippen molar-refractivity contribution in [2.45, 2.75) is 153 Å². The lowest BCUT2D eigenvalue weighted by Gasteiger charge is -2.34. The second-order valence-electron chi connectivity index (χ2n) is 28.5. The topological polar surface area (TPSA) is 316 Å². The molecule has 18 nitrogen and oxygen atoms in total. The Morgan fingerprint density at radius 3 is 1.06 bits per heavy atom. The Balaban J connectivity index is 0.000000135. The maximum atomic E-state index is 14.2. The van der Waals surface area contributed by atoms with Crippen molar-refractivity contribution >= 4 is 99.0 Å². The first-order valence-corrected chi connectivity index (χ1v) is 37.3. The van der Waals surface area contributed by atoms with Gasteiger partial charge in [-0.1, -0.05) is 191 Å². The highest BCUT2D eigenvalue weighted by molar-refractivity contribution is 6.33. The molecule has 0 amide bonds. The van der Waals surface area contributed by atoms with Crippen LogP contribution in [0.1, 0.15) is 88.7 Å². The van der Waals surface area contributed by atoms with Crippen molar-refractivity contribution in [1.29, 1.82) is 0 Å². The molecule has 16 rings (SSSR count). The molecule has 36 heteroatoms. The molecule has 2 unspecified atom stereocenters. The molecule has 7 aromatic rings. The molecule has 606 valence electrons. The van der Waals surface area contributed by atoms with Gasteiger partial charge in [0.25, 0.3) is 56.3 Å². The molecule has 6 fully saturated rings. The molecular formula is C77H73Cl6F12N9O9. The number of hydrogen-bond acceptors (Lipinski definition) is 17. The molecule has 0 saturated heterocycles. The summed E-state index contributed by atoms with van der Waals surface area (Å²) in [7, 11) is 0. The fourth-order valence-corrected chi connectivity index (χ4v) is 16.6. The van der Waals surface area contributed by atoms with Gasteiger partial charge in [-0.15, -0.1) is 0 Å². The number of halogens is 18. The fourth-order valence-electron chi connectivity index (χ4n) is 14.9. The van der Waals surface area contributed by atoms with Gasteiger partial charge in [0.05, 0.1) is 29.7 Å². The number of aliphatic hydroxyl groups is 3. The van der Waals surface area contributed by atoms with E-state index in [1.807, 2.05) is 0 Å². The van der Waals surface area contributed by atoms with Gasteiger partial charge >= 0.3 is 0 Å². The first kappa shape index (κ1) is 86.1. The molecule has 13 N–H and O–H groups in total. The molecule has 3 heterocycles. The number of alkyl halides is 12. The third kappa shape index (κ3) is 17.3. The van der Waals surface area contributed by atoms with E-state index in [9.17, 15) is 82.9 Å². The second kappa shape index (κ2) is 34.2. The van der Waals surface area contributed by atoms with Gasteiger partial charge in [-0.2, -0.15) is 0 Å². The van der Waals surface area contributed by atoms with Crippen molar-refractivity contribution in [1.82, 2.24) is 0 Å². The minimum absolute atomic E-state index is 0.00926. The zero-order chi connectivity index (χ0) is 82.4. The van der Waals surface area contributed by atoms with Crippen LogP contribution in [0.3, 0.4) is 0 Å². The molecular weight excluding hydrogens is 1640 g/mol. The molecule has 6 saturated carbocycles. The third-order valence-corrected chi connectivity index (χ3v) is 23.4. The maximum Gasteiger partial charge on any atom is 0.283 e. The number of aliphatic imine (C=N–C) groups is 3. The number of aliphatic hydroxyl groups excluding tert-OH is 3. The van der Waals surface area contributed by atoms with E-state index in [0.717, 1.165) is 12.1 Å². The number of fused-ring (bicyclic) bond motifs is 3. The molecule has 18 atom stereocenters. The highest BCUT2D eigenvalue weighted by Gasteiger charge is 2.67. The summed E-state index contributed by atoms with van der Waals surface area (Å²) in [6.07, 6.45) is -17.8. The Labute approximate surface area is 668 Å². The molecule has 9 aliphatic rings. The number of hydrogen-bond donors (Lipinski definition) is 8. The number of amidine groups is 2. The average molecular weight is 1710 g/mol. The molecule has 0 bridgehead atoms. The average Bonchev–Trinajstić information content (AvgIpc) is 1.56. The first-order valence-electron chi connectivity index (χ1n) is 35.0. The number of ketones is 1. The Kier molecular flexibility index (Phi) is 26.1. The summed E-state index contributed by atoms with van der Waals surface area (Å²) in [4.78, 5) is 34.6. The highest BCUT2D eigenvalue weighted by Crippen LogP contribution is 2.61. The van der Waals surface area contributed by atoms with Crippen LogP contribution in [0.4, 0.5) is 58.4 Å². The monoisotopic (exact) mass is 1710 g/mol. The van der Waals surface area contributed by atoms with Crippen molar-refractivity contribution in [3.8, 4) is 0 Å². The molecule has 3 aliphatic heterocycles. The van der Waals surface area contributed by atoms with Crippen molar-refractivity contribution in [3.05, 3.63) is 249 Å². The number of nitrogens with zero attached hydrogens (tertiary/aromatic N) is 4. The molecule has 0 radical (unpaired) electrons. The van der Waals surface area contributed by atoms with E-state index in [1.54, 1.807) is 115 Å². The number of nitrogens with two attached hydrogens (primary N) is 5. The van der Waals surface area contributed by atoms with Crippen LogP contribution >= 0.6 is 69.6 Å². The quantitative estimate of drug-likeness (QED) is 0.0162. The summed E-state index contributed by atoms with van der Waals surface area (Å²) in [6, 6.07) is 43.4. The minimum atomic E-state index is -2.91. The zero-order valence-corrected chi connectivity index (χ0v) is 63.3. The van der Waals surface area contributed by atoms with E-state index in [-0.39, 0.29) is 112 Å². The lowest BCUT2D eigenvalue weighted by Crippen LogP contribution is -2.47. The van der Waals surface area contributed by atoms with Crippen molar-refractivity contribution in [2.75, 3.05) is 0 Å². The number of nitro groups is 1. The SMILES string of the molecule is NC1=N[C@@](c2cc([N+](=O)[O-])ccc2Cl)(C(F)F)C2C[C@H]2O1.NC1=N[C@@](c2ccccc2Cl)(C(F)F)[C@H]2C[C@H]2O1.N[C@@](c1ccccc1Cl)(C(F)F)[C@H]1CC1O.N[C@@](c1ccccc1Cl)(C(F)F)[C@H]1C[C@H]1O.N[C@](c1ccccc1Cl)(C(F)F)[C@@H]1C[C@@H]1O.O=C(CC1=N[C@@](c2ccccc2Cl)(C(F)F)[C@H]2C[C@H]2O1)c1ccccc1. The predicted molar refractivity (Wildman–Crippen MR) is 401 cm³/mol. The number of Topliss-reactive ketones (excluding diaryl/α,β-unsaturated/α-hetero) is 1. The summed E-state index contributed by atoms with van der Waals surface area (Å²) >= 11 is 35.9. The van der Waals surface area contributed by atoms with Crippen LogP contribution in [0.15, 0.2) is 185 Å². The number of non-ortho nitro benzene ring substituents is 1. The lowest BCUT2D eigenvalue weighted by atomic mass is 9.84. The van der Waals surface area contributed by atoms with Gasteiger partial charge in [0.15, 0.2) is 28.3 Å². The molecule has 113 heavy (non-hydrogen) atoms. The molecule has 6 aliphatic carbocycles. The van der Waals surface area contributed by atoms with E-state index in [4.69, 9.17) is 112 Å². The second-order valence-corrected chi connectivity index (χ2v) is 30.9. The largest absolute Gasteiger partial charge is 0.477 e. The summed E-state index contributed by atoms with van der Waals surface area (Å²) in [6.45, 7) is 0. The van der Waals surface area contributed by atoms with Crippen LogP contribution in [0.2, 0.25) is 30.1 Å². The smallest absolute Gasteiger partial charge is 0.283 e. The Morgan fingerprint density at radius 1 is 0.442 bits per heavy atom. The van der Waals surface area contributed by atoms with Gasteiger partial charge in [0.2, 0.25) is 0 Å². The Hall–Kier alpha value is -7.72. The predicted octanol–water partition coefficient (Wildman–Crippen LogP) is 16.3. The van der Waals surface area contributed by atoms with Crippen molar-refractivity contribution in [3.63, 3.8) is 0 Å². The standard InChI is InChI=1S/C20H16ClF2NO2.C12H10ClF2N3O3.C12H11ClF2N2O.3C11H12ClF2NO/c21-15-9-5-4-8-13(15)20(19(22)23)14-10-17(14)26-18(24-20)11-16(25)12-6-2-1-3-7-12;13-8-2-1-5(18(19)20)3-6(8)12(10(14)15)7-4-9(7)21-11(16)17-12;13-8-4-2-1-3-6(8)12(10(14)15)7-5-9(7)18-11(16)17-12;3*12-8-4-2-1-3-6(8)11(15,10(13)14)7-5-9(7)16/h1-9,14,17,19H,10-11H2;1-3,7,9-10H,4H2,(H2,16,17);1-4,7,9-10H,5H2,(H2,16,17);3*1-4,7,9-10,16H,5,15H2/t14-,17+,20+;7?,9-,12-;7-,9+,12+;7-,9?,11+;2*7-,9+,11+/m010010/s1. The molecule has 7 aromatic carbocycles. The normalized spacial score (nSPS) is 29.0. The van der Waals surface area contributed by atoms with Crippen LogP contribution in [0.5, 0.6) is 0 Å². The van der Waals surface area contributed by atoms with Gasteiger partial charge in [-0.25, -0.2) is 67.7 Å². The number of carbonyl (C=O) groups excluding carboxylic acids is 1. The minimum Gasteiger partial charge on any atom is -0.477 e. The Morgan fingerprint density at radius 2 is 0.743 bits per heavy atom. The highest BCUT2D eigenvalue weighted by atomic mass is 35.5. The first-order chi connectivity index (χ1) is 53.4. The van der Waals surface area contributed by atoms with Crippen LogP contribution in [-0.4, -0.2) is 119 Å². The molecule has 0 aromatic heterocycles. The summed E-state index contributed by atoms with van der Waals surface area (Å²) < 4.78 is 178. The lowest BCUT2D eigenvalue weighted by molar-refractivity contribution is -0.385. The number of benzene rings is 7. The van der Waals surface area contributed by atoms with E-state index < -0.39 is 131 Å². The molecule has 0 spiro atoms. The number of ether oxygens (including phenoxy) is 3. The summed E-state index contributed by atoms with van der Waals surface area (Å²) in [5.74, 6) is -3.40. The number of nitro benzene ring substituents is 1. The maximum absolute atomic E-state index is 14.2. The third-order valence-electron chi connectivity index (χ3n) is 21.4. The van der Waals surface area contributed by atoms with Crippen molar-refractivity contribution in [2.24, 2.45) is 79.2 Å². The van der Waals surface area contributed by atoms with Gasteiger partial charge in [0.1, 0.15) is 34.9 Å². The van der Waals surface area contributed by atoms with Gasteiger partial charge in [0, 0.05) is 100 Å². The van der Waals surface area contributed by atoms with Gasteiger partial charge in [-0.3, -0.25) is 14.9 Å².